The maximum atomic E-state index is 12.7. The van der Waals surface area contributed by atoms with E-state index < -0.39 is 10.0 Å². The summed E-state index contributed by atoms with van der Waals surface area (Å²) in [6.07, 6.45) is 4.96. The van der Waals surface area contributed by atoms with Gasteiger partial charge in [0.25, 0.3) is 0 Å². The number of hydrogen-bond donors (Lipinski definition) is 0. The van der Waals surface area contributed by atoms with E-state index in [0.29, 0.717) is 19.6 Å². The molecule has 2 aromatic rings. The quantitative estimate of drug-likeness (QED) is 0.760. The molecule has 3 heterocycles. The first-order chi connectivity index (χ1) is 12.0. The standard InChI is InChI=1S/C16H26N6O2S/c1-4-20-13-16(11-17-20)25(23,24)21-8-6-19(7-9-21)12-15-10-18-22(5-2)14(15)3/h10-11,13H,4-9,12H2,1-3H3. The number of rotatable bonds is 6. The van der Waals surface area contributed by atoms with Gasteiger partial charge in [-0.15, -0.1) is 0 Å². The Morgan fingerprint density at radius 3 is 2.32 bits per heavy atom. The highest BCUT2D eigenvalue weighted by molar-refractivity contribution is 7.89. The van der Waals surface area contributed by atoms with Crippen molar-refractivity contribution >= 4 is 10.0 Å². The Labute approximate surface area is 149 Å². The molecule has 1 saturated heterocycles. The third-order valence-electron chi connectivity index (χ3n) is 4.80. The van der Waals surface area contributed by atoms with Crippen LogP contribution in [-0.2, 0) is 29.7 Å². The monoisotopic (exact) mass is 366 g/mol. The number of aromatic nitrogens is 4. The number of nitrogens with zero attached hydrogens (tertiary/aromatic N) is 6. The first kappa shape index (κ1) is 18.1. The fourth-order valence-corrected chi connectivity index (χ4v) is 4.51. The molecule has 0 atom stereocenters. The van der Waals surface area contributed by atoms with Gasteiger partial charge in [-0.25, -0.2) is 8.42 Å². The summed E-state index contributed by atoms with van der Waals surface area (Å²) in [5, 5.41) is 8.46. The number of aryl methyl sites for hydroxylation is 2. The van der Waals surface area contributed by atoms with Gasteiger partial charge in [0.1, 0.15) is 4.90 Å². The SMILES string of the molecule is CCn1cc(S(=O)(=O)N2CCN(Cc3cnn(CC)c3C)CC2)cn1. The van der Waals surface area contributed by atoms with Crippen molar-refractivity contribution in [2.24, 2.45) is 0 Å². The van der Waals surface area contributed by atoms with Crippen molar-refractivity contribution in [1.29, 1.82) is 0 Å². The van der Waals surface area contributed by atoms with E-state index in [2.05, 4.69) is 28.9 Å². The Morgan fingerprint density at radius 1 is 1.04 bits per heavy atom. The highest BCUT2D eigenvalue weighted by atomic mass is 32.2. The fourth-order valence-electron chi connectivity index (χ4n) is 3.13. The molecular weight excluding hydrogens is 340 g/mol. The highest BCUT2D eigenvalue weighted by Crippen LogP contribution is 2.18. The van der Waals surface area contributed by atoms with Gasteiger partial charge >= 0.3 is 0 Å². The van der Waals surface area contributed by atoms with Crippen LogP contribution in [0.5, 0.6) is 0 Å². The predicted octanol–water partition coefficient (Wildman–Crippen LogP) is 0.934. The average Bonchev–Trinajstić information content (AvgIpc) is 3.23. The Morgan fingerprint density at radius 2 is 1.76 bits per heavy atom. The first-order valence-corrected chi connectivity index (χ1v) is 10.2. The van der Waals surface area contributed by atoms with Crippen LogP contribution in [0.2, 0.25) is 0 Å². The van der Waals surface area contributed by atoms with E-state index in [1.54, 1.807) is 15.2 Å². The third-order valence-corrected chi connectivity index (χ3v) is 6.65. The van der Waals surface area contributed by atoms with Crippen molar-refractivity contribution in [1.82, 2.24) is 28.8 Å². The number of piperazine rings is 1. The summed E-state index contributed by atoms with van der Waals surface area (Å²) in [6.45, 7) is 10.9. The van der Waals surface area contributed by atoms with Crippen LogP contribution < -0.4 is 0 Å². The molecule has 0 radical (unpaired) electrons. The lowest BCUT2D eigenvalue weighted by molar-refractivity contribution is 0.181. The fraction of sp³-hybridized carbons (Fsp3) is 0.625. The first-order valence-electron chi connectivity index (χ1n) is 8.72. The van der Waals surface area contributed by atoms with Crippen molar-refractivity contribution in [3.05, 3.63) is 29.8 Å². The van der Waals surface area contributed by atoms with Gasteiger partial charge in [0.05, 0.1) is 12.4 Å². The summed E-state index contributed by atoms with van der Waals surface area (Å²) < 4.78 is 30.6. The molecule has 1 aliphatic heterocycles. The zero-order valence-corrected chi connectivity index (χ0v) is 15.9. The minimum absolute atomic E-state index is 0.280. The van der Waals surface area contributed by atoms with Crippen LogP contribution in [0.15, 0.2) is 23.5 Å². The van der Waals surface area contributed by atoms with E-state index in [1.165, 1.54) is 17.5 Å². The molecule has 9 heteroatoms. The van der Waals surface area contributed by atoms with E-state index in [-0.39, 0.29) is 4.90 Å². The molecular formula is C16H26N6O2S. The van der Waals surface area contributed by atoms with Crippen LogP contribution in [0.3, 0.4) is 0 Å². The predicted molar refractivity (Wildman–Crippen MR) is 94.6 cm³/mol. The third kappa shape index (κ3) is 3.63. The Kier molecular flexibility index (Phi) is 5.26. The molecule has 2 aromatic heterocycles. The van der Waals surface area contributed by atoms with Crippen LogP contribution in [0, 0.1) is 6.92 Å². The summed E-state index contributed by atoms with van der Waals surface area (Å²) in [6, 6.07) is 0. The van der Waals surface area contributed by atoms with Gasteiger partial charge in [-0.2, -0.15) is 14.5 Å². The molecule has 25 heavy (non-hydrogen) atoms. The molecule has 138 valence electrons. The lowest BCUT2D eigenvalue weighted by Gasteiger charge is -2.33. The Balaban J connectivity index is 1.62. The van der Waals surface area contributed by atoms with Gasteiger partial charge in [0, 0.05) is 63.3 Å². The molecule has 3 rings (SSSR count). The largest absolute Gasteiger partial charge is 0.296 e. The normalized spacial score (nSPS) is 17.2. The van der Waals surface area contributed by atoms with Crippen molar-refractivity contribution in [2.75, 3.05) is 26.2 Å². The van der Waals surface area contributed by atoms with E-state index in [1.807, 2.05) is 17.8 Å². The van der Waals surface area contributed by atoms with Gasteiger partial charge < -0.3 is 0 Å². The zero-order valence-electron chi connectivity index (χ0n) is 15.1. The smallest absolute Gasteiger partial charge is 0.246 e. The maximum absolute atomic E-state index is 12.7. The summed E-state index contributed by atoms with van der Waals surface area (Å²) in [7, 11) is -3.45. The second-order valence-electron chi connectivity index (χ2n) is 6.28. The topological polar surface area (TPSA) is 76.3 Å². The van der Waals surface area contributed by atoms with Crippen LogP contribution in [0.4, 0.5) is 0 Å². The van der Waals surface area contributed by atoms with Crippen molar-refractivity contribution in [3.8, 4) is 0 Å². The van der Waals surface area contributed by atoms with Crippen molar-refractivity contribution in [2.45, 2.75) is 45.3 Å². The summed E-state index contributed by atoms with van der Waals surface area (Å²) in [5.41, 5.74) is 2.40. The summed E-state index contributed by atoms with van der Waals surface area (Å²) in [4.78, 5) is 2.56. The molecule has 0 unspecified atom stereocenters. The molecule has 1 aliphatic rings. The molecule has 8 nitrogen and oxygen atoms in total. The van der Waals surface area contributed by atoms with Crippen molar-refractivity contribution < 1.29 is 8.42 Å². The minimum atomic E-state index is -3.45. The lowest BCUT2D eigenvalue weighted by Crippen LogP contribution is -2.48. The summed E-state index contributed by atoms with van der Waals surface area (Å²) in [5.74, 6) is 0. The highest BCUT2D eigenvalue weighted by Gasteiger charge is 2.29. The molecule has 0 spiro atoms. The van der Waals surface area contributed by atoms with E-state index in [9.17, 15) is 8.42 Å². The molecule has 0 amide bonds. The summed E-state index contributed by atoms with van der Waals surface area (Å²) >= 11 is 0. The van der Waals surface area contributed by atoms with Gasteiger partial charge in [-0.3, -0.25) is 14.3 Å². The average molecular weight is 366 g/mol. The van der Waals surface area contributed by atoms with Gasteiger partial charge in [0.15, 0.2) is 0 Å². The number of sulfonamides is 1. The molecule has 0 bridgehead atoms. The lowest BCUT2D eigenvalue weighted by atomic mass is 10.2. The van der Waals surface area contributed by atoms with Crippen molar-refractivity contribution in [3.63, 3.8) is 0 Å². The van der Waals surface area contributed by atoms with Crippen LogP contribution >= 0.6 is 0 Å². The molecule has 0 aliphatic carbocycles. The second-order valence-corrected chi connectivity index (χ2v) is 8.22. The Bertz CT molecular complexity index is 818. The molecule has 0 aromatic carbocycles. The number of hydrogen-bond acceptors (Lipinski definition) is 5. The van der Waals surface area contributed by atoms with E-state index in [0.717, 1.165) is 26.2 Å². The maximum Gasteiger partial charge on any atom is 0.246 e. The van der Waals surface area contributed by atoms with Crippen LogP contribution in [0.25, 0.3) is 0 Å². The molecule has 0 saturated carbocycles. The van der Waals surface area contributed by atoms with Gasteiger partial charge in [-0.1, -0.05) is 0 Å². The zero-order chi connectivity index (χ0) is 18.0. The van der Waals surface area contributed by atoms with Gasteiger partial charge in [0.2, 0.25) is 10.0 Å². The molecule has 0 N–H and O–H groups in total. The van der Waals surface area contributed by atoms with Crippen LogP contribution in [0.1, 0.15) is 25.1 Å². The van der Waals surface area contributed by atoms with Crippen LogP contribution in [-0.4, -0.2) is 63.4 Å². The van der Waals surface area contributed by atoms with E-state index >= 15 is 0 Å². The second kappa shape index (κ2) is 7.27. The minimum Gasteiger partial charge on any atom is -0.296 e. The molecule has 1 fully saturated rings. The van der Waals surface area contributed by atoms with E-state index in [4.69, 9.17) is 0 Å². The van der Waals surface area contributed by atoms with Gasteiger partial charge in [-0.05, 0) is 20.8 Å². The Hall–Kier alpha value is -1.71.